The van der Waals surface area contributed by atoms with E-state index >= 15 is 0 Å². The van der Waals surface area contributed by atoms with Crippen LogP contribution in [0, 0.1) is 5.92 Å². The molecule has 1 aliphatic rings. The third-order valence-electron chi connectivity index (χ3n) is 5.59. The number of nitrogens with zero attached hydrogens (tertiary/aromatic N) is 3. The van der Waals surface area contributed by atoms with Crippen LogP contribution in [-0.2, 0) is 14.8 Å². The van der Waals surface area contributed by atoms with Gasteiger partial charge in [-0.1, -0.05) is 33.6 Å². The first-order valence-corrected chi connectivity index (χ1v) is 13.0. The van der Waals surface area contributed by atoms with Gasteiger partial charge in [0.25, 0.3) is 0 Å². The predicted octanol–water partition coefficient (Wildman–Crippen LogP) is 1.35. The third-order valence-corrected chi connectivity index (χ3v) is 6.97. The number of sulfonamides is 1. The zero-order chi connectivity index (χ0) is 21.7. The fraction of sp³-hybridized carbons (Fsp3) is 0.950. The van der Waals surface area contributed by atoms with Crippen LogP contribution < -0.4 is 10.6 Å². The first-order valence-electron chi connectivity index (χ1n) is 11.2. The highest BCUT2D eigenvalue weighted by Crippen LogP contribution is 2.20. The van der Waals surface area contributed by atoms with Crippen molar-refractivity contribution >= 4 is 16.0 Å². The number of nitrogens with one attached hydrogen (secondary N) is 2. The SMILES string of the molecule is CCNC(=NCC(C(CC)CC)N1CCOCC1)NCCCN(CC)S(C)(=O)=O. The summed E-state index contributed by atoms with van der Waals surface area (Å²) < 4.78 is 30.4. The molecule has 0 aromatic heterocycles. The summed E-state index contributed by atoms with van der Waals surface area (Å²) in [5, 5.41) is 6.67. The molecule has 1 saturated heterocycles. The summed E-state index contributed by atoms with van der Waals surface area (Å²) in [4.78, 5) is 7.40. The summed E-state index contributed by atoms with van der Waals surface area (Å²) in [7, 11) is -3.13. The average Bonchev–Trinajstić information content (AvgIpc) is 2.70. The molecule has 1 aliphatic heterocycles. The van der Waals surface area contributed by atoms with E-state index in [4.69, 9.17) is 9.73 Å². The highest BCUT2D eigenvalue weighted by atomic mass is 32.2. The van der Waals surface area contributed by atoms with Crippen LogP contribution in [0.3, 0.4) is 0 Å². The van der Waals surface area contributed by atoms with Crippen molar-refractivity contribution in [3.8, 4) is 0 Å². The van der Waals surface area contributed by atoms with Gasteiger partial charge in [-0.05, 0) is 19.3 Å². The lowest BCUT2D eigenvalue weighted by atomic mass is 9.92. The number of ether oxygens (including phenoxy) is 1. The Labute approximate surface area is 178 Å². The molecule has 0 aliphatic carbocycles. The lowest BCUT2D eigenvalue weighted by Gasteiger charge is -2.38. The Morgan fingerprint density at radius 1 is 1.14 bits per heavy atom. The Hall–Kier alpha value is -0.900. The van der Waals surface area contributed by atoms with Gasteiger partial charge >= 0.3 is 0 Å². The maximum Gasteiger partial charge on any atom is 0.211 e. The Morgan fingerprint density at radius 2 is 1.79 bits per heavy atom. The van der Waals surface area contributed by atoms with E-state index < -0.39 is 10.0 Å². The van der Waals surface area contributed by atoms with E-state index in [0.29, 0.717) is 31.6 Å². The van der Waals surface area contributed by atoms with Gasteiger partial charge in [0.15, 0.2) is 5.96 Å². The monoisotopic (exact) mass is 433 g/mol. The molecule has 172 valence electrons. The van der Waals surface area contributed by atoms with Gasteiger partial charge in [0.05, 0.1) is 26.0 Å². The Balaban J connectivity index is 2.66. The van der Waals surface area contributed by atoms with Gasteiger partial charge in [-0.3, -0.25) is 9.89 Å². The molecule has 0 saturated carbocycles. The summed E-state index contributed by atoms with van der Waals surface area (Å²) in [6, 6.07) is 0.421. The minimum absolute atomic E-state index is 0.421. The van der Waals surface area contributed by atoms with Crippen LogP contribution in [0.2, 0.25) is 0 Å². The molecule has 8 nitrogen and oxygen atoms in total. The second-order valence-corrected chi connectivity index (χ2v) is 9.53. The maximum atomic E-state index is 11.7. The molecular weight excluding hydrogens is 390 g/mol. The molecule has 1 rings (SSSR count). The van der Waals surface area contributed by atoms with Crippen LogP contribution in [0.1, 0.15) is 47.0 Å². The average molecular weight is 434 g/mol. The van der Waals surface area contributed by atoms with E-state index in [1.807, 2.05) is 6.92 Å². The van der Waals surface area contributed by atoms with Gasteiger partial charge in [0, 0.05) is 45.3 Å². The number of hydrogen-bond acceptors (Lipinski definition) is 5. The lowest BCUT2D eigenvalue weighted by Crippen LogP contribution is -2.49. The van der Waals surface area contributed by atoms with Crippen molar-refractivity contribution in [3.63, 3.8) is 0 Å². The quantitative estimate of drug-likeness (QED) is 0.259. The van der Waals surface area contributed by atoms with Crippen molar-refractivity contribution in [1.82, 2.24) is 19.8 Å². The number of guanidine groups is 1. The standard InChI is InChI=1S/C20H43N5O3S/c1-6-18(7-2)19(24-13-15-28-16-14-24)17-23-20(21-8-3)22-11-10-12-25(9-4)29(5,26)27/h18-19H,6-17H2,1-5H3,(H2,21,22,23). The van der Waals surface area contributed by atoms with Crippen molar-refractivity contribution in [2.45, 2.75) is 53.0 Å². The second kappa shape index (κ2) is 14.2. The molecular formula is C20H43N5O3S. The van der Waals surface area contributed by atoms with Crippen molar-refractivity contribution < 1.29 is 13.2 Å². The van der Waals surface area contributed by atoms with Crippen molar-refractivity contribution in [2.75, 3.05) is 65.3 Å². The summed E-state index contributed by atoms with van der Waals surface area (Å²) in [5.41, 5.74) is 0. The minimum atomic E-state index is -3.13. The summed E-state index contributed by atoms with van der Waals surface area (Å²) in [6.07, 6.45) is 4.30. The maximum absolute atomic E-state index is 11.7. The van der Waals surface area contributed by atoms with E-state index in [0.717, 1.165) is 64.6 Å². The lowest BCUT2D eigenvalue weighted by molar-refractivity contribution is 0.00395. The molecule has 0 aromatic carbocycles. The summed E-state index contributed by atoms with van der Waals surface area (Å²) >= 11 is 0. The second-order valence-electron chi connectivity index (χ2n) is 7.55. The summed E-state index contributed by atoms with van der Waals surface area (Å²) in [5.74, 6) is 1.42. The van der Waals surface area contributed by atoms with E-state index in [2.05, 4.69) is 36.3 Å². The van der Waals surface area contributed by atoms with E-state index in [1.165, 1.54) is 10.6 Å². The van der Waals surface area contributed by atoms with E-state index in [9.17, 15) is 8.42 Å². The zero-order valence-electron chi connectivity index (χ0n) is 19.1. The molecule has 9 heteroatoms. The molecule has 1 atom stereocenters. The van der Waals surface area contributed by atoms with Crippen LogP contribution in [0.15, 0.2) is 4.99 Å². The van der Waals surface area contributed by atoms with Gasteiger partial charge in [-0.25, -0.2) is 12.7 Å². The van der Waals surface area contributed by atoms with Crippen molar-refractivity contribution in [1.29, 1.82) is 0 Å². The summed E-state index contributed by atoms with van der Waals surface area (Å²) in [6.45, 7) is 15.2. The molecule has 0 spiro atoms. The van der Waals surface area contributed by atoms with Crippen LogP contribution in [0.4, 0.5) is 0 Å². The van der Waals surface area contributed by atoms with Crippen LogP contribution in [0.25, 0.3) is 0 Å². The van der Waals surface area contributed by atoms with Gasteiger partial charge < -0.3 is 15.4 Å². The molecule has 2 N–H and O–H groups in total. The highest BCUT2D eigenvalue weighted by molar-refractivity contribution is 7.88. The molecule has 1 heterocycles. The molecule has 29 heavy (non-hydrogen) atoms. The molecule has 0 radical (unpaired) electrons. The van der Waals surface area contributed by atoms with Gasteiger partial charge in [0.2, 0.25) is 10.0 Å². The minimum Gasteiger partial charge on any atom is -0.379 e. The molecule has 0 aromatic rings. The first-order chi connectivity index (χ1) is 13.9. The number of aliphatic imine (C=N–C) groups is 1. The fourth-order valence-corrected chi connectivity index (χ4v) is 4.78. The van der Waals surface area contributed by atoms with E-state index in [1.54, 1.807) is 0 Å². The molecule has 0 bridgehead atoms. The van der Waals surface area contributed by atoms with Crippen LogP contribution in [-0.4, -0.2) is 94.9 Å². The molecule has 1 fully saturated rings. The smallest absolute Gasteiger partial charge is 0.211 e. The Bertz CT molecular complexity index is 560. The van der Waals surface area contributed by atoms with Gasteiger partial charge in [0.1, 0.15) is 0 Å². The Morgan fingerprint density at radius 3 is 2.31 bits per heavy atom. The van der Waals surface area contributed by atoms with Crippen LogP contribution in [0.5, 0.6) is 0 Å². The van der Waals surface area contributed by atoms with Crippen molar-refractivity contribution in [3.05, 3.63) is 0 Å². The van der Waals surface area contributed by atoms with E-state index in [-0.39, 0.29) is 0 Å². The van der Waals surface area contributed by atoms with Crippen LogP contribution >= 0.6 is 0 Å². The van der Waals surface area contributed by atoms with Crippen molar-refractivity contribution in [2.24, 2.45) is 10.9 Å². The largest absolute Gasteiger partial charge is 0.379 e. The highest BCUT2D eigenvalue weighted by Gasteiger charge is 2.26. The number of hydrogen-bond donors (Lipinski definition) is 2. The zero-order valence-corrected chi connectivity index (χ0v) is 19.9. The number of morpholine rings is 1. The topological polar surface area (TPSA) is 86.3 Å². The molecule has 0 amide bonds. The predicted molar refractivity (Wildman–Crippen MR) is 121 cm³/mol. The first kappa shape index (κ1) is 26.1. The Kier molecular flexibility index (Phi) is 12.8. The fourth-order valence-electron chi connectivity index (χ4n) is 3.85. The number of rotatable bonds is 13. The molecule has 1 unspecified atom stereocenters. The van der Waals surface area contributed by atoms with Gasteiger partial charge in [-0.15, -0.1) is 0 Å². The third kappa shape index (κ3) is 9.63. The van der Waals surface area contributed by atoms with Gasteiger partial charge in [-0.2, -0.15) is 0 Å². The normalized spacial score (nSPS) is 17.7.